The van der Waals surface area contributed by atoms with Crippen LogP contribution in [0.2, 0.25) is 0 Å². The van der Waals surface area contributed by atoms with Crippen LogP contribution in [0.25, 0.3) is 0 Å². The van der Waals surface area contributed by atoms with Crippen molar-refractivity contribution in [3.05, 3.63) is 35.9 Å². The molecule has 158 valence electrons. The molecule has 9 nitrogen and oxygen atoms in total. The summed E-state index contributed by atoms with van der Waals surface area (Å²) in [5, 5.41) is 7.45. The maximum Gasteiger partial charge on any atom is 0.408 e. The van der Waals surface area contributed by atoms with Crippen LogP contribution in [-0.2, 0) is 30.5 Å². The van der Waals surface area contributed by atoms with E-state index in [4.69, 9.17) is 9.47 Å². The van der Waals surface area contributed by atoms with Crippen LogP contribution < -0.4 is 16.0 Å². The highest BCUT2D eigenvalue weighted by molar-refractivity contribution is 6.38. The monoisotopic (exact) mass is 405 g/mol. The fraction of sp³-hybridized carbons (Fsp3) is 0.500. The molecule has 1 heterocycles. The second-order valence-corrected chi connectivity index (χ2v) is 7.14. The number of benzene rings is 1. The highest BCUT2D eigenvalue weighted by atomic mass is 16.5. The molecule has 0 saturated carbocycles. The summed E-state index contributed by atoms with van der Waals surface area (Å²) < 4.78 is 10.4. The summed E-state index contributed by atoms with van der Waals surface area (Å²) >= 11 is 0. The molecule has 2 atom stereocenters. The van der Waals surface area contributed by atoms with Crippen molar-refractivity contribution in [2.24, 2.45) is 5.92 Å². The fourth-order valence-electron chi connectivity index (χ4n) is 2.75. The largest absolute Gasteiger partial charge is 0.445 e. The van der Waals surface area contributed by atoms with E-state index in [1.165, 1.54) is 0 Å². The first kappa shape index (κ1) is 22.4. The van der Waals surface area contributed by atoms with Crippen LogP contribution in [0.3, 0.4) is 0 Å². The minimum atomic E-state index is -1.11. The van der Waals surface area contributed by atoms with Gasteiger partial charge in [0.2, 0.25) is 11.7 Å². The Labute approximate surface area is 169 Å². The number of nitrogens with one attached hydrogen (secondary N) is 3. The third-order valence-corrected chi connectivity index (χ3v) is 4.20. The second-order valence-electron chi connectivity index (χ2n) is 7.14. The normalized spacial score (nSPS) is 18.2. The molecule has 1 aliphatic rings. The lowest BCUT2D eigenvalue weighted by Gasteiger charge is -2.24. The van der Waals surface area contributed by atoms with E-state index in [0.717, 1.165) is 5.56 Å². The van der Waals surface area contributed by atoms with E-state index in [1.807, 2.05) is 44.2 Å². The Hall–Kier alpha value is -2.94. The molecule has 9 heteroatoms. The summed E-state index contributed by atoms with van der Waals surface area (Å²) in [7, 11) is 0. The average Bonchev–Trinajstić information content (AvgIpc) is 2.69. The van der Waals surface area contributed by atoms with Gasteiger partial charge in [-0.15, -0.1) is 0 Å². The van der Waals surface area contributed by atoms with Crippen molar-refractivity contribution in [2.45, 2.75) is 39.0 Å². The van der Waals surface area contributed by atoms with Crippen molar-refractivity contribution >= 4 is 23.7 Å². The Morgan fingerprint density at radius 2 is 1.97 bits per heavy atom. The number of hydrogen-bond acceptors (Lipinski definition) is 6. The highest BCUT2D eigenvalue weighted by Crippen LogP contribution is 2.07. The minimum absolute atomic E-state index is 0.0673. The van der Waals surface area contributed by atoms with Crippen LogP contribution in [0.4, 0.5) is 4.79 Å². The zero-order chi connectivity index (χ0) is 21.2. The molecule has 3 amide bonds. The predicted molar refractivity (Wildman–Crippen MR) is 104 cm³/mol. The Morgan fingerprint density at radius 1 is 1.24 bits per heavy atom. The van der Waals surface area contributed by atoms with Gasteiger partial charge in [-0.05, 0) is 17.9 Å². The molecule has 1 aromatic carbocycles. The molecule has 1 saturated heterocycles. The molecule has 3 N–H and O–H groups in total. The lowest BCUT2D eigenvalue weighted by atomic mass is 10.0. The fourth-order valence-corrected chi connectivity index (χ4v) is 2.75. The van der Waals surface area contributed by atoms with Crippen LogP contribution >= 0.6 is 0 Å². The summed E-state index contributed by atoms with van der Waals surface area (Å²) in [6.45, 7) is 4.23. The van der Waals surface area contributed by atoms with Crippen LogP contribution in [0, 0.1) is 5.92 Å². The van der Waals surface area contributed by atoms with Gasteiger partial charge in [0.25, 0.3) is 5.91 Å². The molecular formula is C20H27N3O6. The Morgan fingerprint density at radius 3 is 2.66 bits per heavy atom. The van der Waals surface area contributed by atoms with Gasteiger partial charge in [-0.25, -0.2) is 4.79 Å². The van der Waals surface area contributed by atoms with E-state index in [-0.39, 0.29) is 32.3 Å². The SMILES string of the molecule is CC(C)CC(NC(=O)OCc1ccccc1)C(=O)NC1COCCNC(=O)C1=O. The van der Waals surface area contributed by atoms with E-state index in [1.54, 1.807) is 0 Å². The van der Waals surface area contributed by atoms with Crippen molar-refractivity contribution < 1.29 is 28.7 Å². The summed E-state index contributed by atoms with van der Waals surface area (Å²) in [6, 6.07) is 7.12. The van der Waals surface area contributed by atoms with E-state index in [0.29, 0.717) is 6.42 Å². The van der Waals surface area contributed by atoms with Gasteiger partial charge in [0.15, 0.2) is 0 Å². The zero-order valence-electron chi connectivity index (χ0n) is 16.6. The van der Waals surface area contributed by atoms with Gasteiger partial charge in [0, 0.05) is 6.54 Å². The van der Waals surface area contributed by atoms with E-state index in [9.17, 15) is 19.2 Å². The van der Waals surface area contributed by atoms with Crippen molar-refractivity contribution in [3.8, 4) is 0 Å². The maximum atomic E-state index is 12.7. The molecule has 2 unspecified atom stereocenters. The van der Waals surface area contributed by atoms with Gasteiger partial charge in [0.05, 0.1) is 13.2 Å². The number of carbonyl (C=O) groups excluding carboxylic acids is 4. The molecular weight excluding hydrogens is 378 g/mol. The molecule has 2 rings (SSSR count). The molecule has 1 aliphatic heterocycles. The quantitative estimate of drug-likeness (QED) is 0.569. The van der Waals surface area contributed by atoms with Crippen LogP contribution in [0.15, 0.2) is 30.3 Å². The smallest absolute Gasteiger partial charge is 0.408 e. The number of Topliss-reactive ketones (excluding diaryl/α,β-unsaturated/α-hetero) is 1. The van der Waals surface area contributed by atoms with E-state index < -0.39 is 35.8 Å². The van der Waals surface area contributed by atoms with Crippen molar-refractivity contribution in [2.75, 3.05) is 19.8 Å². The molecule has 0 spiro atoms. The topological polar surface area (TPSA) is 123 Å². The van der Waals surface area contributed by atoms with Gasteiger partial charge in [-0.3, -0.25) is 14.4 Å². The van der Waals surface area contributed by atoms with Crippen molar-refractivity contribution in [3.63, 3.8) is 0 Å². The molecule has 0 radical (unpaired) electrons. The molecule has 0 bridgehead atoms. The summed E-state index contributed by atoms with van der Waals surface area (Å²) in [6.07, 6.45) is -0.409. The van der Waals surface area contributed by atoms with Gasteiger partial charge in [0.1, 0.15) is 18.7 Å². The lowest BCUT2D eigenvalue weighted by Crippen LogP contribution is -2.56. The Kier molecular flexibility index (Phi) is 8.60. The maximum absolute atomic E-state index is 12.7. The first-order valence-corrected chi connectivity index (χ1v) is 9.54. The average molecular weight is 405 g/mol. The minimum Gasteiger partial charge on any atom is -0.445 e. The number of hydrogen-bond donors (Lipinski definition) is 3. The number of ketones is 1. The first-order valence-electron chi connectivity index (χ1n) is 9.54. The zero-order valence-corrected chi connectivity index (χ0v) is 16.6. The number of ether oxygens (including phenoxy) is 2. The second kappa shape index (κ2) is 11.2. The summed E-state index contributed by atoms with van der Waals surface area (Å²) in [5.74, 6) is -2.04. The van der Waals surface area contributed by atoms with Gasteiger partial charge in [-0.2, -0.15) is 0 Å². The van der Waals surface area contributed by atoms with Crippen LogP contribution in [0.1, 0.15) is 25.8 Å². The van der Waals surface area contributed by atoms with E-state index in [2.05, 4.69) is 16.0 Å². The highest BCUT2D eigenvalue weighted by Gasteiger charge is 2.31. The molecule has 1 fully saturated rings. The molecule has 29 heavy (non-hydrogen) atoms. The van der Waals surface area contributed by atoms with Gasteiger partial charge >= 0.3 is 6.09 Å². The number of rotatable bonds is 7. The summed E-state index contributed by atoms with van der Waals surface area (Å²) in [5.41, 5.74) is 0.816. The van der Waals surface area contributed by atoms with Crippen LogP contribution in [0.5, 0.6) is 0 Å². The predicted octanol–water partition coefficient (Wildman–Crippen LogP) is 0.528. The van der Waals surface area contributed by atoms with E-state index >= 15 is 0 Å². The standard InChI is InChI=1S/C20H27N3O6/c1-13(2)10-15(23-20(27)29-11-14-6-4-3-5-7-14)18(25)22-16-12-28-9-8-21-19(26)17(16)24/h3-7,13,15-16H,8-12H2,1-2H3,(H,21,26)(H,22,25)(H,23,27). The van der Waals surface area contributed by atoms with Crippen molar-refractivity contribution in [1.82, 2.24) is 16.0 Å². The number of alkyl carbamates (subject to hydrolysis) is 1. The third-order valence-electron chi connectivity index (χ3n) is 4.20. The summed E-state index contributed by atoms with van der Waals surface area (Å²) in [4.78, 5) is 48.7. The molecule has 0 aliphatic carbocycles. The van der Waals surface area contributed by atoms with Crippen molar-refractivity contribution in [1.29, 1.82) is 0 Å². The number of amides is 3. The van der Waals surface area contributed by atoms with Gasteiger partial charge < -0.3 is 25.4 Å². The Bertz CT molecular complexity index is 722. The first-order chi connectivity index (χ1) is 13.9. The van der Waals surface area contributed by atoms with Crippen LogP contribution in [-0.4, -0.2) is 55.5 Å². The Balaban J connectivity index is 1.96. The number of carbonyl (C=O) groups is 4. The van der Waals surface area contributed by atoms with Gasteiger partial charge in [-0.1, -0.05) is 44.2 Å². The molecule has 0 aromatic heterocycles. The lowest BCUT2D eigenvalue weighted by molar-refractivity contribution is -0.142. The molecule has 1 aromatic rings. The third kappa shape index (κ3) is 7.53.